The van der Waals surface area contributed by atoms with Crippen LogP contribution in [0.1, 0.15) is 53.9 Å². The number of carbonyl (C=O) groups excluding carboxylic acids is 1. The van der Waals surface area contributed by atoms with Gasteiger partial charge < -0.3 is 15.4 Å². The van der Waals surface area contributed by atoms with Crippen LogP contribution < -0.4 is 10.6 Å². The third kappa shape index (κ3) is 6.81. The van der Waals surface area contributed by atoms with Gasteiger partial charge in [-0.15, -0.1) is 0 Å². The summed E-state index contributed by atoms with van der Waals surface area (Å²) in [5.41, 5.74) is -0.431. The second-order valence-corrected chi connectivity index (χ2v) is 6.86. The first-order valence-corrected chi connectivity index (χ1v) is 7.48. The molecule has 4 heteroatoms. The molecule has 1 aliphatic carbocycles. The van der Waals surface area contributed by atoms with Crippen LogP contribution in [-0.2, 0) is 4.74 Å². The Morgan fingerprint density at radius 3 is 2.58 bits per heavy atom. The average Bonchev–Trinajstić information content (AvgIpc) is 2.67. The van der Waals surface area contributed by atoms with E-state index in [9.17, 15) is 4.79 Å². The Morgan fingerprint density at radius 1 is 1.37 bits per heavy atom. The van der Waals surface area contributed by atoms with E-state index < -0.39 is 5.60 Å². The zero-order valence-corrected chi connectivity index (χ0v) is 13.1. The van der Waals surface area contributed by atoms with Gasteiger partial charge in [0.25, 0.3) is 0 Å². The molecule has 3 atom stereocenters. The predicted molar refractivity (Wildman–Crippen MR) is 78.2 cm³/mol. The highest BCUT2D eigenvalue weighted by Gasteiger charge is 2.23. The number of amides is 1. The first kappa shape index (κ1) is 16.3. The van der Waals surface area contributed by atoms with Crippen LogP contribution >= 0.6 is 0 Å². The minimum Gasteiger partial charge on any atom is -0.444 e. The van der Waals surface area contributed by atoms with Crippen LogP contribution in [0.25, 0.3) is 0 Å². The highest BCUT2D eigenvalue weighted by atomic mass is 16.6. The lowest BCUT2D eigenvalue weighted by molar-refractivity contribution is 0.0523. The summed E-state index contributed by atoms with van der Waals surface area (Å²) in [5, 5.41) is 6.30. The minimum atomic E-state index is -0.431. The number of rotatable bonds is 5. The molecule has 0 saturated heterocycles. The highest BCUT2D eigenvalue weighted by molar-refractivity contribution is 5.67. The number of hydrogen-bond donors (Lipinski definition) is 2. The van der Waals surface area contributed by atoms with Crippen molar-refractivity contribution in [1.82, 2.24) is 10.6 Å². The molecule has 0 bridgehead atoms. The Bertz CT molecular complexity index is 286. The lowest BCUT2D eigenvalue weighted by atomic mass is 9.98. The molecule has 4 nitrogen and oxygen atoms in total. The van der Waals surface area contributed by atoms with E-state index in [1.165, 1.54) is 19.3 Å². The molecule has 2 N–H and O–H groups in total. The molecule has 0 heterocycles. The van der Waals surface area contributed by atoms with E-state index in [0.29, 0.717) is 6.54 Å². The van der Waals surface area contributed by atoms with Gasteiger partial charge in [-0.1, -0.05) is 19.8 Å². The van der Waals surface area contributed by atoms with Gasteiger partial charge in [-0.3, -0.25) is 0 Å². The maximum absolute atomic E-state index is 11.5. The molecule has 3 unspecified atom stereocenters. The lowest BCUT2D eigenvalue weighted by Gasteiger charge is -2.22. The molecule has 1 aliphatic rings. The third-order valence-corrected chi connectivity index (χ3v) is 3.72. The zero-order chi connectivity index (χ0) is 14.5. The molecule has 0 aromatic heterocycles. The molecule has 0 radical (unpaired) electrons. The van der Waals surface area contributed by atoms with Crippen molar-refractivity contribution < 1.29 is 9.53 Å². The van der Waals surface area contributed by atoms with Crippen LogP contribution in [0.15, 0.2) is 0 Å². The number of carbonyl (C=O) groups is 1. The molecule has 1 amide bonds. The van der Waals surface area contributed by atoms with Crippen LogP contribution in [0.3, 0.4) is 0 Å². The van der Waals surface area contributed by atoms with Gasteiger partial charge in [0.05, 0.1) is 0 Å². The van der Waals surface area contributed by atoms with Gasteiger partial charge in [0.15, 0.2) is 0 Å². The fraction of sp³-hybridized carbons (Fsp3) is 0.933. The summed E-state index contributed by atoms with van der Waals surface area (Å²) in [6.45, 7) is 11.7. The maximum atomic E-state index is 11.5. The SMILES string of the molecule is CC(CNC(=O)OC(C)(C)C)NCC1CCCC1C. The summed E-state index contributed by atoms with van der Waals surface area (Å²) in [4.78, 5) is 11.5. The van der Waals surface area contributed by atoms with Gasteiger partial charge in [0.1, 0.15) is 5.60 Å². The standard InChI is InChI=1S/C15H30N2O2/c1-11-7-6-8-13(11)10-16-12(2)9-17-14(18)19-15(3,4)5/h11-13,16H,6-10H2,1-5H3,(H,17,18). The Morgan fingerprint density at radius 2 is 2.05 bits per heavy atom. The number of ether oxygens (including phenoxy) is 1. The molecular formula is C15H30N2O2. The monoisotopic (exact) mass is 270 g/mol. The van der Waals surface area contributed by atoms with Crippen molar-refractivity contribution in [3.05, 3.63) is 0 Å². The van der Waals surface area contributed by atoms with Gasteiger partial charge >= 0.3 is 6.09 Å². The smallest absolute Gasteiger partial charge is 0.407 e. The van der Waals surface area contributed by atoms with Crippen LogP contribution in [0, 0.1) is 11.8 Å². The van der Waals surface area contributed by atoms with Gasteiger partial charge in [0, 0.05) is 12.6 Å². The van der Waals surface area contributed by atoms with Gasteiger partial charge in [-0.05, 0) is 52.5 Å². The minimum absolute atomic E-state index is 0.278. The van der Waals surface area contributed by atoms with Crippen LogP contribution in [-0.4, -0.2) is 30.8 Å². The van der Waals surface area contributed by atoms with E-state index in [-0.39, 0.29) is 12.1 Å². The second-order valence-electron chi connectivity index (χ2n) is 6.86. The van der Waals surface area contributed by atoms with Crippen LogP contribution in [0.2, 0.25) is 0 Å². The lowest BCUT2D eigenvalue weighted by Crippen LogP contribution is -2.42. The van der Waals surface area contributed by atoms with Crippen molar-refractivity contribution >= 4 is 6.09 Å². The van der Waals surface area contributed by atoms with E-state index in [4.69, 9.17) is 4.74 Å². The van der Waals surface area contributed by atoms with E-state index in [1.807, 2.05) is 20.8 Å². The number of hydrogen-bond acceptors (Lipinski definition) is 3. The van der Waals surface area contributed by atoms with Crippen molar-refractivity contribution in [1.29, 1.82) is 0 Å². The molecule has 112 valence electrons. The summed E-state index contributed by atoms with van der Waals surface area (Å²) in [6, 6.07) is 0.278. The Kier molecular flexibility index (Phi) is 6.11. The number of nitrogens with one attached hydrogen (secondary N) is 2. The average molecular weight is 270 g/mol. The van der Waals surface area contributed by atoms with E-state index >= 15 is 0 Å². The Hall–Kier alpha value is -0.770. The van der Waals surface area contributed by atoms with Crippen LogP contribution in [0.4, 0.5) is 4.79 Å². The largest absolute Gasteiger partial charge is 0.444 e. The Labute approximate surface area is 117 Å². The molecule has 19 heavy (non-hydrogen) atoms. The fourth-order valence-electron chi connectivity index (χ4n) is 2.50. The molecule has 1 fully saturated rings. The summed E-state index contributed by atoms with van der Waals surface area (Å²) >= 11 is 0. The summed E-state index contributed by atoms with van der Waals surface area (Å²) in [6.07, 6.45) is 3.71. The summed E-state index contributed by atoms with van der Waals surface area (Å²) in [7, 11) is 0. The first-order chi connectivity index (χ1) is 8.78. The molecule has 1 rings (SSSR count). The van der Waals surface area contributed by atoms with Crippen molar-refractivity contribution in [2.45, 2.75) is 65.5 Å². The summed E-state index contributed by atoms with van der Waals surface area (Å²) in [5.74, 6) is 1.63. The molecule has 1 saturated carbocycles. The normalized spacial score (nSPS) is 25.1. The molecular weight excluding hydrogens is 240 g/mol. The van der Waals surface area contributed by atoms with E-state index in [1.54, 1.807) is 0 Å². The maximum Gasteiger partial charge on any atom is 0.407 e. The van der Waals surface area contributed by atoms with E-state index in [2.05, 4.69) is 24.5 Å². The van der Waals surface area contributed by atoms with Crippen molar-refractivity contribution in [3.8, 4) is 0 Å². The topological polar surface area (TPSA) is 50.4 Å². The predicted octanol–water partition coefficient (Wildman–Crippen LogP) is 2.93. The third-order valence-electron chi connectivity index (χ3n) is 3.72. The van der Waals surface area contributed by atoms with Crippen molar-refractivity contribution in [2.75, 3.05) is 13.1 Å². The number of alkyl carbamates (subject to hydrolysis) is 1. The zero-order valence-electron chi connectivity index (χ0n) is 13.1. The van der Waals surface area contributed by atoms with Gasteiger partial charge in [-0.2, -0.15) is 0 Å². The fourth-order valence-corrected chi connectivity index (χ4v) is 2.50. The van der Waals surface area contributed by atoms with Crippen LogP contribution in [0.5, 0.6) is 0 Å². The second kappa shape index (κ2) is 7.13. The highest BCUT2D eigenvalue weighted by Crippen LogP contribution is 2.30. The van der Waals surface area contributed by atoms with E-state index in [0.717, 1.165) is 18.4 Å². The molecule has 0 aliphatic heterocycles. The van der Waals surface area contributed by atoms with Crippen molar-refractivity contribution in [3.63, 3.8) is 0 Å². The molecule has 0 aromatic carbocycles. The van der Waals surface area contributed by atoms with Gasteiger partial charge in [0.2, 0.25) is 0 Å². The quantitative estimate of drug-likeness (QED) is 0.807. The van der Waals surface area contributed by atoms with Gasteiger partial charge in [-0.25, -0.2) is 4.79 Å². The molecule has 0 spiro atoms. The molecule has 0 aromatic rings. The van der Waals surface area contributed by atoms with Crippen molar-refractivity contribution in [2.24, 2.45) is 11.8 Å². The first-order valence-electron chi connectivity index (χ1n) is 7.48. The Balaban J connectivity index is 2.14. The summed E-state index contributed by atoms with van der Waals surface area (Å²) < 4.78 is 5.21.